The largest absolute Gasteiger partial charge is 0.461 e. The third-order valence-electron chi connectivity index (χ3n) is 1.48. The van der Waals surface area contributed by atoms with Crippen molar-refractivity contribution in [2.24, 2.45) is 0 Å². The Balaban J connectivity index is 4.12. The molecule has 0 aromatic rings. The van der Waals surface area contributed by atoms with Gasteiger partial charge in [-0.2, -0.15) is 0 Å². The van der Waals surface area contributed by atoms with E-state index in [1.807, 2.05) is 0 Å². The van der Waals surface area contributed by atoms with Gasteiger partial charge in [-0.15, -0.1) is 0 Å². The van der Waals surface area contributed by atoms with Crippen LogP contribution in [0.5, 0.6) is 0 Å². The van der Waals surface area contributed by atoms with Crippen LogP contribution in [0.25, 0.3) is 0 Å². The molecule has 82 valence electrons. The summed E-state index contributed by atoms with van der Waals surface area (Å²) in [5.41, 5.74) is 0. The zero-order valence-corrected chi connectivity index (χ0v) is 8.74. The minimum atomic E-state index is -0.954. The molecule has 0 aliphatic heterocycles. The first-order valence-electron chi connectivity index (χ1n) is 4.62. The van der Waals surface area contributed by atoms with E-state index in [9.17, 15) is 9.59 Å². The van der Waals surface area contributed by atoms with Gasteiger partial charge in [0.2, 0.25) is 5.91 Å². The summed E-state index contributed by atoms with van der Waals surface area (Å²) in [7, 11) is 0. The fraction of sp³-hybridized carbons (Fsp3) is 0.778. The molecule has 1 amide bonds. The molecule has 14 heavy (non-hydrogen) atoms. The van der Waals surface area contributed by atoms with E-state index < -0.39 is 18.6 Å². The Bertz CT molecular complexity index is 203. The van der Waals surface area contributed by atoms with E-state index in [2.05, 4.69) is 5.32 Å². The number of hydrogen-bond donors (Lipinski definition) is 2. The zero-order chi connectivity index (χ0) is 11.1. The lowest BCUT2D eigenvalue weighted by atomic mass is 10.3. The lowest BCUT2D eigenvalue weighted by Crippen LogP contribution is -2.44. The molecule has 0 aliphatic rings. The first-order valence-corrected chi connectivity index (χ1v) is 4.62. The maximum absolute atomic E-state index is 11.2. The summed E-state index contributed by atoms with van der Waals surface area (Å²) in [5, 5.41) is 11.2. The van der Waals surface area contributed by atoms with Crippen molar-refractivity contribution >= 4 is 11.9 Å². The molecular formula is C9H17NO4. The molecule has 0 saturated heterocycles. The number of nitrogens with one attached hydrogen (secondary N) is 1. The van der Waals surface area contributed by atoms with Crippen LogP contribution in [0.3, 0.4) is 0 Å². The molecule has 0 rings (SSSR count). The van der Waals surface area contributed by atoms with Crippen LogP contribution in [0, 0.1) is 0 Å². The summed E-state index contributed by atoms with van der Waals surface area (Å²) in [5.74, 6) is -0.894. The monoisotopic (exact) mass is 203 g/mol. The van der Waals surface area contributed by atoms with E-state index in [0.29, 0.717) is 0 Å². The Labute approximate surface area is 83.4 Å². The normalized spacial score (nSPS) is 12.4. The van der Waals surface area contributed by atoms with Gasteiger partial charge in [-0.1, -0.05) is 6.92 Å². The van der Waals surface area contributed by atoms with Gasteiger partial charge in [-0.05, 0) is 13.8 Å². The molecule has 5 heteroatoms. The molecule has 0 heterocycles. The van der Waals surface area contributed by atoms with Crippen molar-refractivity contribution in [3.63, 3.8) is 0 Å². The Kier molecular flexibility index (Phi) is 5.87. The third kappa shape index (κ3) is 4.81. The predicted octanol–water partition coefficient (Wildman–Crippen LogP) is -0.175. The fourth-order valence-corrected chi connectivity index (χ4v) is 0.790. The molecule has 5 nitrogen and oxygen atoms in total. The molecular weight excluding hydrogens is 186 g/mol. The number of rotatable bonds is 5. The summed E-state index contributed by atoms with van der Waals surface area (Å²) < 4.78 is 4.83. The van der Waals surface area contributed by atoms with Crippen molar-refractivity contribution in [3.05, 3.63) is 0 Å². The smallest absolute Gasteiger partial charge is 0.331 e. The first kappa shape index (κ1) is 12.9. The van der Waals surface area contributed by atoms with Gasteiger partial charge < -0.3 is 15.2 Å². The summed E-state index contributed by atoms with van der Waals surface area (Å²) in [6.07, 6.45) is 0.0147. The van der Waals surface area contributed by atoms with Crippen molar-refractivity contribution in [2.75, 3.05) is 6.61 Å². The molecule has 0 spiro atoms. The van der Waals surface area contributed by atoms with Gasteiger partial charge in [-0.3, -0.25) is 4.79 Å². The number of aliphatic hydroxyl groups is 1. The van der Waals surface area contributed by atoms with Crippen LogP contribution in [0.4, 0.5) is 0 Å². The van der Waals surface area contributed by atoms with Crippen molar-refractivity contribution < 1.29 is 19.4 Å². The number of amides is 1. The molecule has 0 radical (unpaired) electrons. The number of hydrogen-bond acceptors (Lipinski definition) is 4. The van der Waals surface area contributed by atoms with E-state index in [4.69, 9.17) is 9.84 Å². The molecule has 1 unspecified atom stereocenters. The van der Waals surface area contributed by atoms with Crippen LogP contribution in [-0.2, 0) is 14.3 Å². The number of carbonyl (C=O) groups is 2. The van der Waals surface area contributed by atoms with E-state index in [1.165, 1.54) is 0 Å². The summed E-state index contributed by atoms with van der Waals surface area (Å²) in [4.78, 5) is 22.2. The summed E-state index contributed by atoms with van der Waals surface area (Å²) >= 11 is 0. The average molecular weight is 203 g/mol. The quantitative estimate of drug-likeness (QED) is 0.608. The number of carbonyl (C=O) groups excluding carboxylic acids is 2. The van der Waals surface area contributed by atoms with Crippen LogP contribution >= 0.6 is 0 Å². The molecule has 0 fully saturated rings. The zero-order valence-electron chi connectivity index (χ0n) is 8.74. The maximum Gasteiger partial charge on any atom is 0.331 e. The third-order valence-corrected chi connectivity index (χ3v) is 1.48. The van der Waals surface area contributed by atoms with Crippen molar-refractivity contribution in [2.45, 2.75) is 39.3 Å². The Morgan fingerprint density at radius 2 is 2.00 bits per heavy atom. The van der Waals surface area contributed by atoms with Crippen molar-refractivity contribution in [3.8, 4) is 0 Å². The lowest BCUT2D eigenvalue weighted by molar-refractivity contribution is -0.152. The Morgan fingerprint density at radius 1 is 1.43 bits per heavy atom. The van der Waals surface area contributed by atoms with Crippen molar-refractivity contribution in [1.29, 1.82) is 0 Å². The topological polar surface area (TPSA) is 75.6 Å². The SMILES string of the molecule is CCC(=O)NC(CO)C(=O)OC(C)C. The van der Waals surface area contributed by atoms with E-state index in [-0.39, 0.29) is 18.4 Å². The van der Waals surface area contributed by atoms with Gasteiger partial charge in [0.05, 0.1) is 12.7 Å². The highest BCUT2D eigenvalue weighted by Crippen LogP contribution is 1.95. The minimum Gasteiger partial charge on any atom is -0.461 e. The standard InChI is InChI=1S/C9H17NO4/c1-4-8(12)10-7(5-11)9(13)14-6(2)3/h6-7,11H,4-5H2,1-3H3,(H,10,12). The van der Waals surface area contributed by atoms with Gasteiger partial charge in [-0.25, -0.2) is 4.79 Å². The number of aliphatic hydroxyl groups excluding tert-OH is 1. The Morgan fingerprint density at radius 3 is 2.36 bits per heavy atom. The van der Waals surface area contributed by atoms with E-state index in [1.54, 1.807) is 20.8 Å². The maximum atomic E-state index is 11.2. The summed E-state index contributed by atoms with van der Waals surface area (Å²) in [6, 6.07) is -0.954. The van der Waals surface area contributed by atoms with Gasteiger partial charge in [0.15, 0.2) is 6.04 Å². The second-order valence-corrected chi connectivity index (χ2v) is 3.14. The van der Waals surface area contributed by atoms with Crippen LogP contribution in [0.1, 0.15) is 27.2 Å². The minimum absolute atomic E-state index is 0.255. The van der Waals surface area contributed by atoms with Gasteiger partial charge in [0.1, 0.15) is 0 Å². The average Bonchev–Trinajstić information content (AvgIpc) is 2.12. The molecule has 0 aliphatic carbocycles. The molecule has 1 atom stereocenters. The molecule has 0 aromatic heterocycles. The van der Waals surface area contributed by atoms with E-state index in [0.717, 1.165) is 0 Å². The van der Waals surface area contributed by atoms with Gasteiger partial charge in [0, 0.05) is 6.42 Å². The van der Waals surface area contributed by atoms with Crippen LogP contribution in [-0.4, -0.2) is 35.7 Å². The van der Waals surface area contributed by atoms with Crippen LogP contribution in [0.2, 0.25) is 0 Å². The van der Waals surface area contributed by atoms with Crippen LogP contribution in [0.15, 0.2) is 0 Å². The number of ether oxygens (including phenoxy) is 1. The Hall–Kier alpha value is -1.10. The van der Waals surface area contributed by atoms with Gasteiger partial charge in [0.25, 0.3) is 0 Å². The predicted molar refractivity (Wildman–Crippen MR) is 50.5 cm³/mol. The highest BCUT2D eigenvalue weighted by molar-refractivity contribution is 5.84. The molecule has 0 bridgehead atoms. The summed E-state index contributed by atoms with van der Waals surface area (Å²) in [6.45, 7) is 4.62. The highest BCUT2D eigenvalue weighted by atomic mass is 16.5. The number of esters is 1. The van der Waals surface area contributed by atoms with E-state index >= 15 is 0 Å². The second-order valence-electron chi connectivity index (χ2n) is 3.14. The van der Waals surface area contributed by atoms with Gasteiger partial charge >= 0.3 is 5.97 Å². The molecule has 0 saturated carbocycles. The van der Waals surface area contributed by atoms with Crippen molar-refractivity contribution in [1.82, 2.24) is 5.32 Å². The first-order chi connectivity index (χ1) is 6.51. The lowest BCUT2D eigenvalue weighted by Gasteiger charge is -2.16. The molecule has 0 aromatic carbocycles. The molecule has 2 N–H and O–H groups in total. The fourth-order valence-electron chi connectivity index (χ4n) is 0.790. The second kappa shape index (κ2) is 6.37. The highest BCUT2D eigenvalue weighted by Gasteiger charge is 2.21. The van der Waals surface area contributed by atoms with Crippen LogP contribution < -0.4 is 5.32 Å².